The second kappa shape index (κ2) is 18.4. The Balaban J connectivity index is -0.000000235. The van der Waals surface area contributed by atoms with E-state index in [1.54, 1.807) is 0 Å². The van der Waals surface area contributed by atoms with Gasteiger partial charge in [0, 0.05) is 12.8 Å². The van der Waals surface area contributed by atoms with Crippen LogP contribution in [0.1, 0.15) is 25.7 Å². The Morgan fingerprint density at radius 1 is 0.812 bits per heavy atom. The van der Waals surface area contributed by atoms with E-state index in [0.29, 0.717) is 12.8 Å². The molecule has 0 rings (SSSR count). The number of carbonyl (C=O) groups is 2. The van der Waals surface area contributed by atoms with Crippen molar-refractivity contribution in [3.8, 4) is 0 Å². The zero-order chi connectivity index (χ0) is 13.4. The van der Waals surface area contributed by atoms with Gasteiger partial charge >= 0.3 is 11.9 Å². The van der Waals surface area contributed by atoms with Gasteiger partial charge in [-0.25, -0.2) is 0 Å². The lowest BCUT2D eigenvalue weighted by Crippen LogP contribution is -1.97. The highest BCUT2D eigenvalue weighted by molar-refractivity contribution is 5.67. The predicted molar refractivity (Wildman–Crippen MR) is 48.9 cm³/mol. The summed E-state index contributed by atoms with van der Waals surface area (Å²) in [5.41, 5.74) is 22.0. The van der Waals surface area contributed by atoms with Crippen molar-refractivity contribution in [2.75, 3.05) is 0 Å². The van der Waals surface area contributed by atoms with Crippen LogP contribution in [0, 0.1) is 22.1 Å². The number of hydrogen-bond acceptors (Lipinski definition) is 6. The number of aliphatic carboxylic acids is 2. The molecule has 0 spiro atoms. The van der Waals surface area contributed by atoms with Crippen LogP contribution in [-0.4, -0.2) is 22.2 Å². The first-order valence-electron chi connectivity index (χ1n) is 3.96. The van der Waals surface area contributed by atoms with E-state index >= 15 is 0 Å². The maximum absolute atomic E-state index is 9.90. The summed E-state index contributed by atoms with van der Waals surface area (Å²) in [4.78, 5) is 23.8. The van der Waals surface area contributed by atoms with Crippen molar-refractivity contribution in [3.05, 3.63) is 0 Å². The summed E-state index contributed by atoms with van der Waals surface area (Å²) in [7, 11) is 0. The minimum atomic E-state index is -0.870. The van der Waals surface area contributed by atoms with Crippen LogP contribution < -0.4 is 9.82 Å². The maximum atomic E-state index is 9.90. The summed E-state index contributed by atoms with van der Waals surface area (Å²) >= 11 is 0. The summed E-state index contributed by atoms with van der Waals surface area (Å²) in [5, 5.41) is 16.3. The average Bonchev–Trinajstić information content (AvgIpc) is 2.14. The van der Waals surface area contributed by atoms with Gasteiger partial charge in [0.1, 0.15) is 22.1 Å². The highest BCUT2D eigenvalue weighted by atomic mass is 16.4. The molecule has 16 heavy (non-hydrogen) atoms. The average molecular weight is 234 g/mol. The number of rotatable bonds is 5. The lowest BCUT2D eigenvalue weighted by Gasteiger charge is -1.92. The largest absolute Gasteiger partial charge is 0.481 e. The van der Waals surface area contributed by atoms with Crippen molar-refractivity contribution in [3.63, 3.8) is 0 Å². The van der Waals surface area contributed by atoms with Crippen LogP contribution in [0.4, 0.5) is 0 Å². The Labute approximate surface area is 90.3 Å². The van der Waals surface area contributed by atoms with E-state index in [2.05, 4.69) is 0 Å². The zero-order valence-corrected chi connectivity index (χ0v) is 8.43. The molecule has 0 heterocycles. The number of carboxylic acid groups (broad SMARTS) is 2. The highest BCUT2D eigenvalue weighted by Crippen LogP contribution is 1.98. The molecule has 10 heteroatoms. The van der Waals surface area contributed by atoms with E-state index in [-0.39, 0.29) is 12.8 Å². The molecule has 0 radical (unpaired) electrons. The SMILES string of the molecule is N=[N+]=N.N=[N+]=N.O=C(O)CCCCC(=O)O. The van der Waals surface area contributed by atoms with Crippen molar-refractivity contribution in [2.45, 2.75) is 25.7 Å². The van der Waals surface area contributed by atoms with E-state index < -0.39 is 11.9 Å². The van der Waals surface area contributed by atoms with Crippen LogP contribution in [0.5, 0.6) is 0 Å². The van der Waals surface area contributed by atoms with Gasteiger partial charge in [-0.1, -0.05) is 0 Å². The lowest BCUT2D eigenvalue weighted by molar-refractivity contribution is -0.139. The number of unbranched alkanes of at least 4 members (excludes halogenated alkanes) is 1. The Kier molecular flexibility index (Phi) is 22.0. The third kappa shape index (κ3) is 62.0. The second-order valence-electron chi connectivity index (χ2n) is 2.22. The molecule has 0 aromatic carbocycles. The number of carboxylic acids is 2. The molecule has 0 aromatic heterocycles. The van der Waals surface area contributed by atoms with Crippen LogP contribution in [0.2, 0.25) is 0 Å². The van der Waals surface area contributed by atoms with Gasteiger partial charge in [-0.2, -0.15) is 0 Å². The molecule has 0 amide bonds. The predicted octanol–water partition coefficient (Wildman–Crippen LogP) is 0.947. The number of hydrogen-bond donors (Lipinski definition) is 6. The van der Waals surface area contributed by atoms with Crippen molar-refractivity contribution >= 4 is 11.9 Å². The molecular formula is C6H14N6O4+2. The summed E-state index contributed by atoms with van der Waals surface area (Å²) in [6, 6.07) is 0. The van der Waals surface area contributed by atoms with Crippen LogP contribution in [0.15, 0.2) is 0 Å². The standard InChI is InChI=1S/C6H10O4.2H2N3/c7-5(8)3-1-2-4-6(9)10;2*1-3-2/h1-4H2,(H,7,8)(H,9,10);2*1-2H/q;2*+1. The first-order valence-corrected chi connectivity index (χ1v) is 3.96. The molecule has 0 fully saturated rings. The third-order valence-electron chi connectivity index (χ3n) is 1.03. The molecule has 0 aliphatic rings. The minimum Gasteiger partial charge on any atom is -0.481 e. The first kappa shape index (κ1) is 19.2. The number of nitrogens with zero attached hydrogens (tertiary/aromatic N) is 2. The monoisotopic (exact) mass is 234 g/mol. The molecular weight excluding hydrogens is 220 g/mol. The Bertz CT molecular complexity index is 238. The van der Waals surface area contributed by atoms with E-state index in [1.165, 1.54) is 0 Å². The van der Waals surface area contributed by atoms with E-state index in [4.69, 9.17) is 32.3 Å². The molecule has 0 atom stereocenters. The molecule has 6 N–H and O–H groups in total. The fraction of sp³-hybridized carbons (Fsp3) is 0.667. The molecule has 0 aliphatic heterocycles. The second-order valence-corrected chi connectivity index (χ2v) is 2.22. The quantitative estimate of drug-likeness (QED) is 0.234. The normalized spacial score (nSPS) is 6.75. The molecule has 0 unspecified atom stereocenters. The summed E-state index contributed by atoms with van der Waals surface area (Å²) in [6.45, 7) is 0. The van der Waals surface area contributed by atoms with E-state index in [0.717, 1.165) is 0 Å². The van der Waals surface area contributed by atoms with Gasteiger partial charge in [-0.05, 0) is 12.8 Å². The lowest BCUT2D eigenvalue weighted by atomic mass is 10.2. The van der Waals surface area contributed by atoms with Gasteiger partial charge in [-0.15, -0.1) is 0 Å². The van der Waals surface area contributed by atoms with Crippen LogP contribution in [0.25, 0.3) is 0 Å². The van der Waals surface area contributed by atoms with Crippen LogP contribution >= 0.6 is 0 Å². The molecule has 90 valence electrons. The van der Waals surface area contributed by atoms with Gasteiger partial charge in [0.15, 0.2) is 0 Å². The van der Waals surface area contributed by atoms with Gasteiger partial charge < -0.3 is 10.2 Å². The fourth-order valence-electron chi connectivity index (χ4n) is 0.552. The van der Waals surface area contributed by atoms with Crippen LogP contribution in [-0.2, 0) is 9.59 Å². The Hall–Kier alpha value is -2.44. The molecule has 0 bridgehead atoms. The minimum absolute atomic E-state index is 0.0628. The molecule has 10 nitrogen and oxygen atoms in total. The third-order valence-corrected chi connectivity index (χ3v) is 1.03. The highest BCUT2D eigenvalue weighted by Gasteiger charge is 1.99. The summed E-state index contributed by atoms with van der Waals surface area (Å²) in [5.74, 6) is -1.74. The maximum Gasteiger partial charge on any atom is 0.303 e. The van der Waals surface area contributed by atoms with E-state index in [1.807, 2.05) is 9.82 Å². The Morgan fingerprint density at radius 3 is 1.12 bits per heavy atom. The molecule has 0 aliphatic carbocycles. The van der Waals surface area contributed by atoms with Crippen molar-refractivity contribution in [2.24, 2.45) is 0 Å². The fourth-order valence-corrected chi connectivity index (χ4v) is 0.552. The molecule has 0 saturated heterocycles. The van der Waals surface area contributed by atoms with Crippen LogP contribution in [0.3, 0.4) is 0 Å². The van der Waals surface area contributed by atoms with Gasteiger partial charge in [0.25, 0.3) is 0 Å². The van der Waals surface area contributed by atoms with E-state index in [9.17, 15) is 9.59 Å². The molecule has 0 saturated carbocycles. The van der Waals surface area contributed by atoms with Gasteiger partial charge in [0.2, 0.25) is 9.82 Å². The first-order chi connectivity index (χ1) is 7.45. The van der Waals surface area contributed by atoms with Gasteiger partial charge in [0.05, 0.1) is 0 Å². The summed E-state index contributed by atoms with van der Waals surface area (Å²) < 4.78 is 0. The Morgan fingerprint density at radius 2 is 1.00 bits per heavy atom. The smallest absolute Gasteiger partial charge is 0.303 e. The number of nitrogens with one attached hydrogen (secondary N) is 4. The van der Waals surface area contributed by atoms with Crippen molar-refractivity contribution in [1.29, 1.82) is 22.1 Å². The molecule has 0 aromatic rings. The van der Waals surface area contributed by atoms with Crippen molar-refractivity contribution in [1.82, 2.24) is 9.82 Å². The topological polar surface area (TPSA) is 198 Å². The van der Waals surface area contributed by atoms with Crippen molar-refractivity contribution < 1.29 is 19.8 Å². The zero-order valence-electron chi connectivity index (χ0n) is 8.43. The summed E-state index contributed by atoms with van der Waals surface area (Å²) in [6.07, 6.45) is 1.02. The van der Waals surface area contributed by atoms with Gasteiger partial charge in [-0.3, -0.25) is 9.59 Å².